The minimum atomic E-state index is -1.67. The number of hydrogen-bond acceptors (Lipinski definition) is 6. The Kier molecular flexibility index (Phi) is 6.00. The van der Waals surface area contributed by atoms with Crippen molar-refractivity contribution >= 4 is 41.0 Å². The highest BCUT2D eigenvalue weighted by atomic mass is 35.5. The first-order valence-corrected chi connectivity index (χ1v) is 9.99. The first-order valence-electron chi connectivity index (χ1n) is 9.62. The molecule has 1 aliphatic rings. The second kappa shape index (κ2) is 9.03. The first-order chi connectivity index (χ1) is 15.5. The molecule has 0 unspecified atom stereocenters. The summed E-state index contributed by atoms with van der Waals surface area (Å²) in [5.41, 5.74) is 0.456. The van der Waals surface area contributed by atoms with Gasteiger partial charge >= 0.3 is 11.9 Å². The number of amides is 2. The van der Waals surface area contributed by atoms with E-state index in [4.69, 9.17) is 21.1 Å². The van der Waals surface area contributed by atoms with Gasteiger partial charge in [-0.15, -0.1) is 0 Å². The molecule has 2 amide bonds. The van der Waals surface area contributed by atoms with Crippen LogP contribution in [0.15, 0.2) is 84.9 Å². The minimum Gasteiger partial charge on any atom is -0.444 e. The fraction of sp³-hybridized carbons (Fsp3) is 0.0833. The van der Waals surface area contributed by atoms with E-state index in [0.717, 1.165) is 4.90 Å². The quantitative estimate of drug-likeness (QED) is 0.436. The van der Waals surface area contributed by atoms with Crippen molar-refractivity contribution in [2.24, 2.45) is 0 Å². The van der Waals surface area contributed by atoms with Crippen molar-refractivity contribution in [2.45, 2.75) is 12.2 Å². The van der Waals surface area contributed by atoms with E-state index < -0.39 is 36.0 Å². The summed E-state index contributed by atoms with van der Waals surface area (Å²) in [5.74, 6) is -3.39. The standard InChI is InChI=1S/C24H16ClNO6/c25-17-13-7-8-14-18(17)26-21(27)19(31-23(29)15-9-3-1-4-10-15)20(22(26)28)32-24(30)16-11-5-2-6-12-16/h1-14,19-20H/t19-,20+. The van der Waals surface area contributed by atoms with Gasteiger partial charge in [0.2, 0.25) is 12.2 Å². The summed E-state index contributed by atoms with van der Waals surface area (Å²) < 4.78 is 10.7. The minimum absolute atomic E-state index is 0.100. The maximum atomic E-state index is 13.1. The highest BCUT2D eigenvalue weighted by Crippen LogP contribution is 2.32. The van der Waals surface area contributed by atoms with Gasteiger partial charge in [0.15, 0.2) is 0 Å². The molecule has 0 bridgehead atoms. The van der Waals surface area contributed by atoms with Gasteiger partial charge in [0.25, 0.3) is 11.8 Å². The molecule has 3 aromatic carbocycles. The summed E-state index contributed by atoms with van der Waals surface area (Å²) in [5, 5.41) is 0.136. The third-order valence-electron chi connectivity index (χ3n) is 4.78. The SMILES string of the molecule is O=C(O[C@@H]1C(=O)N(c2ccccc2Cl)C(=O)[C@@H]1OC(=O)c1ccccc1)c1ccccc1. The van der Waals surface area contributed by atoms with E-state index in [1.807, 2.05) is 0 Å². The highest BCUT2D eigenvalue weighted by Gasteiger charge is 2.54. The van der Waals surface area contributed by atoms with Gasteiger partial charge in [-0.1, -0.05) is 60.1 Å². The number of ether oxygens (including phenoxy) is 2. The van der Waals surface area contributed by atoms with Crippen LogP contribution in [0.25, 0.3) is 0 Å². The molecular formula is C24H16ClNO6. The number of esters is 2. The van der Waals surface area contributed by atoms with E-state index in [-0.39, 0.29) is 21.8 Å². The third-order valence-corrected chi connectivity index (χ3v) is 5.10. The molecular weight excluding hydrogens is 434 g/mol. The molecule has 1 saturated heterocycles. The third kappa shape index (κ3) is 4.10. The Labute approximate surface area is 188 Å². The summed E-state index contributed by atoms with van der Waals surface area (Å²) in [4.78, 5) is 52.2. The zero-order valence-corrected chi connectivity index (χ0v) is 17.3. The number of anilines is 1. The van der Waals surface area contributed by atoms with E-state index >= 15 is 0 Å². The number of carbonyl (C=O) groups is 4. The molecule has 0 aliphatic carbocycles. The van der Waals surface area contributed by atoms with Crippen LogP contribution in [0.3, 0.4) is 0 Å². The largest absolute Gasteiger partial charge is 0.444 e. The fourth-order valence-corrected chi connectivity index (χ4v) is 3.45. The van der Waals surface area contributed by atoms with Crippen LogP contribution >= 0.6 is 11.6 Å². The van der Waals surface area contributed by atoms with E-state index in [0.29, 0.717) is 0 Å². The lowest BCUT2D eigenvalue weighted by Crippen LogP contribution is -2.37. The maximum Gasteiger partial charge on any atom is 0.339 e. The molecule has 8 heteroatoms. The molecule has 0 N–H and O–H groups in total. The molecule has 3 aromatic rings. The molecule has 2 atom stereocenters. The number of nitrogens with zero attached hydrogens (tertiary/aromatic N) is 1. The number of rotatable bonds is 5. The lowest BCUT2D eigenvalue weighted by Gasteiger charge is -2.16. The topological polar surface area (TPSA) is 90.0 Å². The molecule has 4 rings (SSSR count). The smallest absolute Gasteiger partial charge is 0.339 e. The average Bonchev–Trinajstić information content (AvgIpc) is 3.04. The summed E-state index contributed by atoms with van der Waals surface area (Å²) >= 11 is 6.17. The Morgan fingerprint density at radius 1 is 0.656 bits per heavy atom. The molecule has 1 heterocycles. The number of imide groups is 1. The lowest BCUT2D eigenvalue weighted by molar-refractivity contribution is -0.130. The zero-order valence-electron chi connectivity index (χ0n) is 16.5. The number of halogens is 1. The Morgan fingerprint density at radius 2 is 1.06 bits per heavy atom. The van der Waals surface area contributed by atoms with E-state index in [1.165, 1.54) is 36.4 Å². The van der Waals surface area contributed by atoms with E-state index in [1.54, 1.807) is 48.5 Å². The van der Waals surface area contributed by atoms with Gasteiger partial charge < -0.3 is 9.47 Å². The van der Waals surface area contributed by atoms with Crippen LogP contribution in [-0.4, -0.2) is 36.0 Å². The van der Waals surface area contributed by atoms with Crippen molar-refractivity contribution in [3.8, 4) is 0 Å². The van der Waals surface area contributed by atoms with Crippen LogP contribution in [0.5, 0.6) is 0 Å². The molecule has 0 aromatic heterocycles. The highest BCUT2D eigenvalue weighted by molar-refractivity contribution is 6.36. The number of benzene rings is 3. The predicted molar refractivity (Wildman–Crippen MR) is 115 cm³/mol. The van der Waals surface area contributed by atoms with Gasteiger partial charge in [0, 0.05) is 0 Å². The molecule has 0 spiro atoms. The molecule has 1 aliphatic heterocycles. The molecule has 1 fully saturated rings. The lowest BCUT2D eigenvalue weighted by atomic mass is 10.2. The number of para-hydroxylation sites is 1. The molecule has 160 valence electrons. The Bertz CT molecular complexity index is 1110. The van der Waals surface area contributed by atoms with Crippen molar-refractivity contribution in [3.05, 3.63) is 101 Å². The van der Waals surface area contributed by atoms with Gasteiger partial charge in [-0.2, -0.15) is 0 Å². The maximum absolute atomic E-state index is 13.1. The van der Waals surface area contributed by atoms with E-state index in [9.17, 15) is 19.2 Å². The summed E-state index contributed by atoms with van der Waals surface area (Å²) in [6.07, 6.45) is -3.33. The molecule has 0 radical (unpaired) electrons. The van der Waals surface area contributed by atoms with Crippen LogP contribution in [0.2, 0.25) is 5.02 Å². The predicted octanol–water partition coefficient (Wildman–Crippen LogP) is 3.66. The summed E-state index contributed by atoms with van der Waals surface area (Å²) in [6.45, 7) is 0. The second-order valence-electron chi connectivity index (χ2n) is 6.85. The van der Waals surface area contributed by atoms with Gasteiger partial charge in [-0.3, -0.25) is 9.59 Å². The normalized spacial score (nSPS) is 17.8. The fourth-order valence-electron chi connectivity index (χ4n) is 3.23. The Balaban J connectivity index is 1.67. The van der Waals surface area contributed by atoms with Crippen molar-refractivity contribution in [1.82, 2.24) is 0 Å². The van der Waals surface area contributed by atoms with Crippen molar-refractivity contribution in [2.75, 3.05) is 4.90 Å². The summed E-state index contributed by atoms with van der Waals surface area (Å²) in [6, 6.07) is 22.1. The van der Waals surface area contributed by atoms with Crippen LogP contribution < -0.4 is 4.90 Å². The average molecular weight is 450 g/mol. The van der Waals surface area contributed by atoms with Crippen molar-refractivity contribution < 1.29 is 28.7 Å². The first kappa shape index (κ1) is 21.3. The monoisotopic (exact) mass is 449 g/mol. The van der Waals surface area contributed by atoms with Crippen LogP contribution in [-0.2, 0) is 19.1 Å². The van der Waals surface area contributed by atoms with Crippen LogP contribution in [0.4, 0.5) is 5.69 Å². The zero-order chi connectivity index (χ0) is 22.7. The van der Waals surface area contributed by atoms with E-state index in [2.05, 4.69) is 0 Å². The van der Waals surface area contributed by atoms with Crippen molar-refractivity contribution in [1.29, 1.82) is 0 Å². The molecule has 32 heavy (non-hydrogen) atoms. The van der Waals surface area contributed by atoms with Gasteiger partial charge in [0.05, 0.1) is 21.8 Å². The van der Waals surface area contributed by atoms with Crippen molar-refractivity contribution in [3.63, 3.8) is 0 Å². The second-order valence-corrected chi connectivity index (χ2v) is 7.25. The van der Waals surface area contributed by atoms with Gasteiger partial charge in [-0.05, 0) is 36.4 Å². The van der Waals surface area contributed by atoms with Crippen LogP contribution in [0, 0.1) is 0 Å². The molecule has 0 saturated carbocycles. The number of hydrogen-bond donors (Lipinski definition) is 0. The molecule has 7 nitrogen and oxygen atoms in total. The van der Waals surface area contributed by atoms with Crippen LogP contribution in [0.1, 0.15) is 20.7 Å². The van der Waals surface area contributed by atoms with Gasteiger partial charge in [0.1, 0.15) is 0 Å². The Morgan fingerprint density at radius 3 is 1.50 bits per heavy atom. The number of carbonyl (C=O) groups excluding carboxylic acids is 4. The summed E-state index contributed by atoms with van der Waals surface area (Å²) in [7, 11) is 0. The van der Waals surface area contributed by atoms with Gasteiger partial charge in [-0.25, -0.2) is 14.5 Å². The Hall–Kier alpha value is -3.97.